The summed E-state index contributed by atoms with van der Waals surface area (Å²) in [5.41, 5.74) is 0. The van der Waals surface area contributed by atoms with Gasteiger partial charge in [0.1, 0.15) is 0 Å². The van der Waals surface area contributed by atoms with Gasteiger partial charge in [0.25, 0.3) is 0 Å². The zero-order valence-electron chi connectivity index (χ0n) is 15.6. The van der Waals surface area contributed by atoms with Crippen molar-refractivity contribution >= 4 is 5.96 Å². The monoisotopic (exact) mass is 354 g/mol. The number of guanidine groups is 1. The number of aliphatic imine (C=N–C) groups is 1. The SMILES string of the molecule is CN=C(NCCCOCC1CCOC1)N1CCC(N2CCOCC2)C1. The maximum absolute atomic E-state index is 5.76. The molecule has 144 valence electrons. The summed E-state index contributed by atoms with van der Waals surface area (Å²) in [7, 11) is 1.88. The number of likely N-dealkylation sites (tertiary alicyclic amines) is 1. The Kier molecular flexibility index (Phi) is 7.79. The summed E-state index contributed by atoms with van der Waals surface area (Å²) < 4.78 is 16.6. The van der Waals surface area contributed by atoms with Crippen molar-refractivity contribution in [2.24, 2.45) is 10.9 Å². The van der Waals surface area contributed by atoms with E-state index in [1.165, 1.54) is 6.42 Å². The zero-order valence-corrected chi connectivity index (χ0v) is 15.6. The smallest absolute Gasteiger partial charge is 0.193 e. The first-order valence-electron chi connectivity index (χ1n) is 9.79. The van der Waals surface area contributed by atoms with Crippen molar-refractivity contribution in [3.8, 4) is 0 Å². The van der Waals surface area contributed by atoms with E-state index in [-0.39, 0.29) is 0 Å². The topological polar surface area (TPSA) is 58.6 Å². The van der Waals surface area contributed by atoms with Gasteiger partial charge in [-0.1, -0.05) is 0 Å². The third-order valence-corrected chi connectivity index (χ3v) is 5.36. The Bertz CT molecular complexity index is 409. The van der Waals surface area contributed by atoms with E-state index in [0.717, 1.165) is 91.2 Å². The summed E-state index contributed by atoms with van der Waals surface area (Å²) in [5.74, 6) is 1.63. The van der Waals surface area contributed by atoms with Crippen molar-refractivity contribution < 1.29 is 14.2 Å². The molecule has 7 heteroatoms. The van der Waals surface area contributed by atoms with Crippen LogP contribution in [0.1, 0.15) is 19.3 Å². The second-order valence-corrected chi connectivity index (χ2v) is 7.17. The minimum atomic E-state index is 0.599. The molecule has 0 aromatic carbocycles. The van der Waals surface area contributed by atoms with Crippen LogP contribution in [0, 0.1) is 5.92 Å². The fourth-order valence-electron chi connectivity index (χ4n) is 3.85. The molecule has 0 aliphatic carbocycles. The fourth-order valence-corrected chi connectivity index (χ4v) is 3.85. The fraction of sp³-hybridized carbons (Fsp3) is 0.944. The molecule has 1 N–H and O–H groups in total. The molecule has 0 amide bonds. The predicted octanol–water partition coefficient (Wildman–Crippen LogP) is 0.412. The number of hydrogen-bond donors (Lipinski definition) is 1. The number of ether oxygens (including phenoxy) is 3. The molecular formula is C18H34N4O3. The molecule has 3 heterocycles. The summed E-state index contributed by atoms with van der Waals surface area (Å²) in [6.45, 7) is 10.3. The first kappa shape index (κ1) is 18.9. The molecule has 3 aliphatic rings. The highest BCUT2D eigenvalue weighted by molar-refractivity contribution is 5.80. The molecule has 0 bridgehead atoms. The third kappa shape index (κ3) is 5.81. The van der Waals surface area contributed by atoms with Crippen molar-refractivity contribution in [1.29, 1.82) is 0 Å². The Morgan fingerprint density at radius 3 is 2.80 bits per heavy atom. The van der Waals surface area contributed by atoms with Crippen LogP contribution < -0.4 is 5.32 Å². The van der Waals surface area contributed by atoms with Crippen LogP contribution >= 0.6 is 0 Å². The Morgan fingerprint density at radius 2 is 2.04 bits per heavy atom. The number of hydrogen-bond acceptors (Lipinski definition) is 5. The van der Waals surface area contributed by atoms with Crippen molar-refractivity contribution in [3.05, 3.63) is 0 Å². The van der Waals surface area contributed by atoms with Crippen LogP contribution in [0.4, 0.5) is 0 Å². The van der Waals surface area contributed by atoms with Gasteiger partial charge in [0.05, 0.1) is 26.4 Å². The minimum absolute atomic E-state index is 0.599. The zero-order chi connectivity index (χ0) is 17.3. The molecule has 7 nitrogen and oxygen atoms in total. The highest BCUT2D eigenvalue weighted by Crippen LogP contribution is 2.17. The van der Waals surface area contributed by atoms with Gasteiger partial charge in [-0.25, -0.2) is 0 Å². The van der Waals surface area contributed by atoms with E-state index in [9.17, 15) is 0 Å². The molecule has 0 aromatic heterocycles. The summed E-state index contributed by atoms with van der Waals surface area (Å²) in [5, 5.41) is 3.49. The molecule has 0 radical (unpaired) electrons. The molecule has 3 rings (SSSR count). The maximum atomic E-state index is 5.76. The van der Waals surface area contributed by atoms with Crippen LogP contribution in [0.5, 0.6) is 0 Å². The minimum Gasteiger partial charge on any atom is -0.381 e. The van der Waals surface area contributed by atoms with Gasteiger partial charge in [-0.15, -0.1) is 0 Å². The van der Waals surface area contributed by atoms with Gasteiger partial charge < -0.3 is 24.4 Å². The van der Waals surface area contributed by atoms with E-state index in [1.54, 1.807) is 0 Å². The van der Waals surface area contributed by atoms with Gasteiger partial charge in [-0.2, -0.15) is 0 Å². The highest BCUT2D eigenvalue weighted by atomic mass is 16.5. The standard InChI is InChI=1S/C18H34N4O3/c1-19-18(20-5-2-9-24-14-16-4-10-25-15-16)22-6-3-17(13-22)21-7-11-23-12-8-21/h16-17H,2-15H2,1H3,(H,19,20). The Hall–Kier alpha value is -0.890. The van der Waals surface area contributed by atoms with Crippen molar-refractivity contribution in [2.45, 2.75) is 25.3 Å². The van der Waals surface area contributed by atoms with Crippen molar-refractivity contribution in [3.63, 3.8) is 0 Å². The number of nitrogens with one attached hydrogen (secondary N) is 1. The Morgan fingerprint density at radius 1 is 1.16 bits per heavy atom. The third-order valence-electron chi connectivity index (χ3n) is 5.36. The summed E-state index contributed by atoms with van der Waals surface area (Å²) in [6.07, 6.45) is 3.37. The lowest BCUT2D eigenvalue weighted by molar-refractivity contribution is 0.0195. The van der Waals surface area contributed by atoms with Gasteiger partial charge in [-0.05, 0) is 19.3 Å². The lowest BCUT2D eigenvalue weighted by atomic mass is 10.1. The predicted molar refractivity (Wildman–Crippen MR) is 98.1 cm³/mol. The second kappa shape index (κ2) is 10.3. The van der Waals surface area contributed by atoms with E-state index in [4.69, 9.17) is 14.2 Å². The number of rotatable bonds is 7. The average Bonchev–Trinajstić information content (AvgIpc) is 3.34. The quantitative estimate of drug-likeness (QED) is 0.406. The molecule has 3 saturated heterocycles. The van der Waals surface area contributed by atoms with Crippen LogP contribution in [-0.4, -0.2) is 101 Å². The Balaban J connectivity index is 1.28. The summed E-state index contributed by atoms with van der Waals surface area (Å²) in [6, 6.07) is 0.638. The molecule has 0 spiro atoms. The van der Waals surface area contributed by atoms with Crippen LogP contribution in [0.25, 0.3) is 0 Å². The Labute approximate surface area is 151 Å². The van der Waals surface area contributed by atoms with E-state index in [1.807, 2.05) is 7.05 Å². The van der Waals surface area contributed by atoms with Gasteiger partial charge in [0, 0.05) is 64.9 Å². The average molecular weight is 354 g/mol. The van der Waals surface area contributed by atoms with Crippen molar-refractivity contribution in [2.75, 3.05) is 79.4 Å². The molecule has 3 aliphatic heterocycles. The molecule has 0 saturated carbocycles. The highest BCUT2D eigenvalue weighted by Gasteiger charge is 2.30. The largest absolute Gasteiger partial charge is 0.381 e. The summed E-state index contributed by atoms with van der Waals surface area (Å²) >= 11 is 0. The van der Waals surface area contributed by atoms with E-state index in [0.29, 0.717) is 12.0 Å². The molecule has 3 fully saturated rings. The van der Waals surface area contributed by atoms with E-state index >= 15 is 0 Å². The summed E-state index contributed by atoms with van der Waals surface area (Å²) in [4.78, 5) is 9.41. The van der Waals surface area contributed by atoms with Crippen molar-refractivity contribution in [1.82, 2.24) is 15.1 Å². The molecule has 25 heavy (non-hydrogen) atoms. The van der Waals surface area contributed by atoms with Crippen LogP contribution in [-0.2, 0) is 14.2 Å². The molecule has 2 unspecified atom stereocenters. The molecular weight excluding hydrogens is 320 g/mol. The number of nitrogens with zero attached hydrogens (tertiary/aromatic N) is 3. The normalized spacial score (nSPS) is 28.7. The lowest BCUT2D eigenvalue weighted by Crippen LogP contribution is -2.46. The van der Waals surface area contributed by atoms with E-state index in [2.05, 4.69) is 20.1 Å². The van der Waals surface area contributed by atoms with Crippen LogP contribution in [0.15, 0.2) is 4.99 Å². The number of morpholine rings is 1. The van der Waals surface area contributed by atoms with E-state index < -0.39 is 0 Å². The first-order valence-corrected chi connectivity index (χ1v) is 9.79. The van der Waals surface area contributed by atoms with Gasteiger partial charge in [0.2, 0.25) is 0 Å². The molecule has 2 atom stereocenters. The van der Waals surface area contributed by atoms with Gasteiger partial charge >= 0.3 is 0 Å². The van der Waals surface area contributed by atoms with Gasteiger partial charge in [0.15, 0.2) is 5.96 Å². The van der Waals surface area contributed by atoms with Crippen LogP contribution in [0.3, 0.4) is 0 Å². The first-order chi connectivity index (χ1) is 12.4. The van der Waals surface area contributed by atoms with Crippen LogP contribution in [0.2, 0.25) is 0 Å². The van der Waals surface area contributed by atoms with Gasteiger partial charge in [-0.3, -0.25) is 9.89 Å². The molecule has 0 aromatic rings. The second-order valence-electron chi connectivity index (χ2n) is 7.17. The maximum Gasteiger partial charge on any atom is 0.193 e. The lowest BCUT2D eigenvalue weighted by Gasteiger charge is -2.32.